The van der Waals surface area contributed by atoms with E-state index in [0.717, 1.165) is 12.8 Å². The minimum absolute atomic E-state index is 0.0396. The van der Waals surface area contributed by atoms with Crippen LogP contribution < -0.4 is 0 Å². The number of nitro benzene ring substituents is 1. The second kappa shape index (κ2) is 4.22. The number of ketones is 1. The SMILES string of the molecule is O=C(CC1CC1)c1ccc(Cl)c([N+](=O)[O-])c1. The van der Waals surface area contributed by atoms with Gasteiger partial charge in [-0.25, -0.2) is 0 Å². The van der Waals surface area contributed by atoms with Crippen LogP contribution in [0.25, 0.3) is 0 Å². The molecule has 0 bridgehead atoms. The zero-order valence-corrected chi connectivity index (χ0v) is 9.24. The van der Waals surface area contributed by atoms with Crippen molar-refractivity contribution >= 4 is 23.1 Å². The third-order valence-corrected chi connectivity index (χ3v) is 2.96. The minimum atomic E-state index is -0.573. The van der Waals surface area contributed by atoms with Crippen LogP contribution in [0.15, 0.2) is 18.2 Å². The Kier molecular flexibility index (Phi) is 2.92. The summed E-state index contributed by atoms with van der Waals surface area (Å²) >= 11 is 5.66. The van der Waals surface area contributed by atoms with Crippen molar-refractivity contribution in [1.29, 1.82) is 0 Å². The molecule has 0 N–H and O–H groups in total. The molecular weight excluding hydrogens is 230 g/mol. The highest BCUT2D eigenvalue weighted by molar-refractivity contribution is 6.32. The maximum atomic E-state index is 11.7. The molecule has 0 spiro atoms. The number of rotatable bonds is 4. The second-order valence-corrected chi connectivity index (χ2v) is 4.40. The van der Waals surface area contributed by atoms with E-state index in [1.54, 1.807) is 6.07 Å². The normalized spacial score (nSPS) is 14.8. The smallest absolute Gasteiger partial charge is 0.288 e. The first-order chi connectivity index (χ1) is 7.58. The fourth-order valence-electron chi connectivity index (χ4n) is 1.53. The fourth-order valence-corrected chi connectivity index (χ4v) is 1.71. The predicted octanol–water partition coefficient (Wildman–Crippen LogP) is 3.23. The van der Waals surface area contributed by atoms with Crippen molar-refractivity contribution in [2.75, 3.05) is 0 Å². The molecule has 0 aliphatic heterocycles. The van der Waals surface area contributed by atoms with Gasteiger partial charge in [-0.05, 0) is 30.9 Å². The van der Waals surface area contributed by atoms with Crippen LogP contribution >= 0.6 is 11.6 Å². The summed E-state index contributed by atoms with van der Waals surface area (Å²) in [6.45, 7) is 0. The molecule has 2 rings (SSSR count). The summed E-state index contributed by atoms with van der Waals surface area (Å²) in [6.07, 6.45) is 2.65. The van der Waals surface area contributed by atoms with Crippen molar-refractivity contribution in [3.63, 3.8) is 0 Å². The third kappa shape index (κ3) is 2.39. The number of nitrogens with zero attached hydrogens (tertiary/aromatic N) is 1. The van der Waals surface area contributed by atoms with Gasteiger partial charge in [-0.1, -0.05) is 11.6 Å². The van der Waals surface area contributed by atoms with Crippen molar-refractivity contribution in [3.8, 4) is 0 Å². The quantitative estimate of drug-likeness (QED) is 0.460. The molecule has 1 aromatic rings. The van der Waals surface area contributed by atoms with Crippen LogP contribution in [0, 0.1) is 16.0 Å². The lowest BCUT2D eigenvalue weighted by atomic mass is 10.1. The van der Waals surface area contributed by atoms with Crippen molar-refractivity contribution < 1.29 is 9.72 Å². The summed E-state index contributed by atoms with van der Waals surface area (Å²) in [5, 5.41) is 10.7. The molecule has 1 saturated carbocycles. The summed E-state index contributed by atoms with van der Waals surface area (Å²) < 4.78 is 0. The molecule has 0 aromatic heterocycles. The van der Waals surface area contributed by atoms with Crippen LogP contribution in [-0.2, 0) is 0 Å². The summed E-state index contributed by atoms with van der Waals surface area (Å²) in [4.78, 5) is 21.8. The number of nitro groups is 1. The Balaban J connectivity index is 2.23. The van der Waals surface area contributed by atoms with Crippen LogP contribution in [0.4, 0.5) is 5.69 Å². The molecular formula is C11H10ClNO3. The average molecular weight is 240 g/mol. The fraction of sp³-hybridized carbons (Fsp3) is 0.364. The van der Waals surface area contributed by atoms with E-state index >= 15 is 0 Å². The molecule has 1 aromatic carbocycles. The number of Topliss-reactive ketones (excluding diaryl/α,β-unsaturated/α-hetero) is 1. The van der Waals surface area contributed by atoms with Crippen molar-refractivity contribution in [3.05, 3.63) is 38.9 Å². The predicted molar refractivity (Wildman–Crippen MR) is 59.8 cm³/mol. The highest BCUT2D eigenvalue weighted by atomic mass is 35.5. The number of carbonyl (C=O) groups is 1. The standard InChI is InChI=1S/C11H10ClNO3/c12-9-4-3-8(6-10(9)13(15)16)11(14)5-7-1-2-7/h3-4,6-7H,1-2,5H2. The van der Waals surface area contributed by atoms with E-state index in [9.17, 15) is 14.9 Å². The van der Waals surface area contributed by atoms with Gasteiger partial charge in [0.05, 0.1) is 4.92 Å². The van der Waals surface area contributed by atoms with Gasteiger partial charge < -0.3 is 0 Å². The van der Waals surface area contributed by atoms with Gasteiger partial charge in [-0.3, -0.25) is 14.9 Å². The van der Waals surface area contributed by atoms with E-state index in [1.165, 1.54) is 12.1 Å². The Morgan fingerprint density at radius 1 is 1.50 bits per heavy atom. The van der Waals surface area contributed by atoms with Crippen molar-refractivity contribution in [2.45, 2.75) is 19.3 Å². The van der Waals surface area contributed by atoms with Gasteiger partial charge in [0, 0.05) is 18.1 Å². The number of benzene rings is 1. The Labute approximate surface area is 97.4 Å². The van der Waals surface area contributed by atoms with Gasteiger partial charge >= 0.3 is 0 Å². The van der Waals surface area contributed by atoms with E-state index in [4.69, 9.17) is 11.6 Å². The van der Waals surface area contributed by atoms with E-state index in [-0.39, 0.29) is 16.5 Å². The lowest BCUT2D eigenvalue weighted by Crippen LogP contribution is -2.01. The number of hydrogen-bond donors (Lipinski definition) is 0. The molecule has 0 heterocycles. The van der Waals surface area contributed by atoms with Gasteiger partial charge in [0.2, 0.25) is 0 Å². The van der Waals surface area contributed by atoms with Gasteiger partial charge in [-0.15, -0.1) is 0 Å². The molecule has 1 aliphatic rings. The summed E-state index contributed by atoms with van der Waals surface area (Å²) in [5.41, 5.74) is 0.173. The molecule has 0 saturated heterocycles. The van der Waals surface area contributed by atoms with Crippen molar-refractivity contribution in [1.82, 2.24) is 0 Å². The zero-order valence-electron chi connectivity index (χ0n) is 8.48. The topological polar surface area (TPSA) is 60.2 Å². The number of halogens is 1. The maximum absolute atomic E-state index is 11.7. The molecule has 1 aliphatic carbocycles. The van der Waals surface area contributed by atoms with Crippen molar-refractivity contribution in [2.24, 2.45) is 5.92 Å². The van der Waals surface area contributed by atoms with Gasteiger partial charge in [-0.2, -0.15) is 0 Å². The monoisotopic (exact) mass is 239 g/mol. The zero-order chi connectivity index (χ0) is 11.7. The lowest BCUT2D eigenvalue weighted by molar-refractivity contribution is -0.384. The highest BCUT2D eigenvalue weighted by Gasteiger charge is 2.26. The lowest BCUT2D eigenvalue weighted by Gasteiger charge is -2.00. The first-order valence-corrected chi connectivity index (χ1v) is 5.43. The maximum Gasteiger partial charge on any atom is 0.288 e. The number of carbonyl (C=O) groups excluding carboxylic acids is 1. The molecule has 0 radical (unpaired) electrons. The minimum Gasteiger partial charge on any atom is -0.294 e. The van der Waals surface area contributed by atoms with Crippen LogP contribution in [0.2, 0.25) is 5.02 Å². The highest BCUT2D eigenvalue weighted by Crippen LogP contribution is 2.34. The molecule has 16 heavy (non-hydrogen) atoms. The molecule has 0 unspecified atom stereocenters. The Morgan fingerprint density at radius 2 is 2.19 bits per heavy atom. The first kappa shape index (κ1) is 11.1. The molecule has 0 atom stereocenters. The Bertz CT molecular complexity index is 455. The van der Waals surface area contributed by atoms with Crippen LogP contribution in [-0.4, -0.2) is 10.7 Å². The van der Waals surface area contributed by atoms with E-state index < -0.39 is 4.92 Å². The van der Waals surface area contributed by atoms with E-state index in [0.29, 0.717) is 17.9 Å². The largest absolute Gasteiger partial charge is 0.294 e. The van der Waals surface area contributed by atoms with Crippen LogP contribution in [0.3, 0.4) is 0 Å². The molecule has 84 valence electrons. The summed E-state index contributed by atoms with van der Waals surface area (Å²) in [5.74, 6) is 0.435. The summed E-state index contributed by atoms with van der Waals surface area (Å²) in [7, 11) is 0. The van der Waals surface area contributed by atoms with Gasteiger partial charge in [0.25, 0.3) is 5.69 Å². The van der Waals surface area contributed by atoms with Crippen LogP contribution in [0.5, 0.6) is 0 Å². The third-order valence-electron chi connectivity index (χ3n) is 2.64. The van der Waals surface area contributed by atoms with E-state index in [2.05, 4.69) is 0 Å². The van der Waals surface area contributed by atoms with E-state index in [1.807, 2.05) is 0 Å². The van der Waals surface area contributed by atoms with Gasteiger partial charge in [0.1, 0.15) is 5.02 Å². The Morgan fingerprint density at radius 3 is 2.75 bits per heavy atom. The van der Waals surface area contributed by atoms with Crippen LogP contribution in [0.1, 0.15) is 29.6 Å². The molecule has 1 fully saturated rings. The number of hydrogen-bond acceptors (Lipinski definition) is 3. The second-order valence-electron chi connectivity index (χ2n) is 3.99. The first-order valence-electron chi connectivity index (χ1n) is 5.05. The molecule has 0 amide bonds. The molecule has 4 nitrogen and oxygen atoms in total. The Hall–Kier alpha value is -1.42. The van der Waals surface area contributed by atoms with Gasteiger partial charge in [0.15, 0.2) is 5.78 Å². The summed E-state index contributed by atoms with van der Waals surface area (Å²) in [6, 6.07) is 4.20. The average Bonchev–Trinajstić information content (AvgIpc) is 3.01. The molecule has 5 heteroatoms.